The molecule has 1 fully saturated rings. The summed E-state index contributed by atoms with van der Waals surface area (Å²) in [4.78, 5) is 0. The zero-order valence-corrected chi connectivity index (χ0v) is 12.0. The Balaban J connectivity index is 1.95. The summed E-state index contributed by atoms with van der Waals surface area (Å²) >= 11 is 0. The fourth-order valence-electron chi connectivity index (χ4n) is 2.20. The second kappa shape index (κ2) is 6.84. The summed E-state index contributed by atoms with van der Waals surface area (Å²) in [5.41, 5.74) is 0.916. The van der Waals surface area contributed by atoms with Crippen molar-refractivity contribution in [1.82, 2.24) is 4.72 Å². The Hall–Kier alpha value is -1.42. The number of sulfonamides is 1. The van der Waals surface area contributed by atoms with E-state index in [9.17, 15) is 8.42 Å². The Kier molecular flexibility index (Phi) is 5.12. The first kappa shape index (κ1) is 15.0. The second-order valence-electron chi connectivity index (χ2n) is 4.87. The molecule has 0 amide bonds. The standard InChI is InChI=1S/C14H18N2O3S/c15-9-12-5-1-2-6-13(12)11-20(17,18)16-10-14-7-3-4-8-19-14/h1-2,5-6,14,16H,3-4,7-8,10-11H2. The third-order valence-corrected chi connectivity index (χ3v) is 4.59. The molecule has 0 saturated carbocycles. The number of nitrogens with zero attached hydrogens (tertiary/aromatic N) is 1. The van der Waals surface area contributed by atoms with E-state index in [4.69, 9.17) is 10.00 Å². The third kappa shape index (κ3) is 4.30. The minimum Gasteiger partial charge on any atom is -0.377 e. The highest BCUT2D eigenvalue weighted by Gasteiger charge is 2.18. The predicted octanol–water partition coefficient (Wildman–Crippen LogP) is 1.55. The van der Waals surface area contributed by atoms with Crippen molar-refractivity contribution in [3.63, 3.8) is 0 Å². The zero-order chi connectivity index (χ0) is 14.4. The molecule has 2 rings (SSSR count). The fourth-order valence-corrected chi connectivity index (χ4v) is 3.40. The topological polar surface area (TPSA) is 79.2 Å². The average Bonchev–Trinajstić information content (AvgIpc) is 2.47. The van der Waals surface area contributed by atoms with Gasteiger partial charge in [-0.25, -0.2) is 13.1 Å². The third-order valence-electron chi connectivity index (χ3n) is 3.29. The first-order valence-corrected chi connectivity index (χ1v) is 8.33. The van der Waals surface area contributed by atoms with Crippen molar-refractivity contribution in [3.05, 3.63) is 35.4 Å². The van der Waals surface area contributed by atoms with Crippen LogP contribution in [0.5, 0.6) is 0 Å². The Bertz CT molecular complexity index is 587. The van der Waals surface area contributed by atoms with Crippen LogP contribution in [0, 0.1) is 11.3 Å². The summed E-state index contributed by atoms with van der Waals surface area (Å²) in [6, 6.07) is 8.74. The smallest absolute Gasteiger partial charge is 0.215 e. The molecule has 1 N–H and O–H groups in total. The highest BCUT2D eigenvalue weighted by atomic mass is 32.2. The van der Waals surface area contributed by atoms with Crippen molar-refractivity contribution in [2.45, 2.75) is 31.1 Å². The molecule has 5 nitrogen and oxygen atoms in total. The van der Waals surface area contributed by atoms with Gasteiger partial charge in [0.25, 0.3) is 0 Å². The number of nitrogens with one attached hydrogen (secondary N) is 1. The first-order valence-electron chi connectivity index (χ1n) is 6.68. The van der Waals surface area contributed by atoms with Gasteiger partial charge >= 0.3 is 0 Å². The van der Waals surface area contributed by atoms with Gasteiger partial charge < -0.3 is 4.74 Å². The van der Waals surface area contributed by atoms with Crippen LogP contribution in [0.25, 0.3) is 0 Å². The lowest BCUT2D eigenvalue weighted by Crippen LogP contribution is -2.36. The molecule has 108 valence electrons. The van der Waals surface area contributed by atoms with Gasteiger partial charge in [-0.1, -0.05) is 18.2 Å². The predicted molar refractivity (Wildman–Crippen MR) is 75.4 cm³/mol. The maximum Gasteiger partial charge on any atom is 0.215 e. The molecule has 1 heterocycles. The Morgan fingerprint density at radius 2 is 2.15 bits per heavy atom. The van der Waals surface area contributed by atoms with Gasteiger partial charge in [0.15, 0.2) is 0 Å². The molecule has 1 saturated heterocycles. The second-order valence-corrected chi connectivity index (χ2v) is 6.67. The van der Waals surface area contributed by atoms with Crippen molar-refractivity contribution < 1.29 is 13.2 Å². The number of benzene rings is 1. The van der Waals surface area contributed by atoms with E-state index in [1.54, 1.807) is 24.3 Å². The molecule has 20 heavy (non-hydrogen) atoms. The zero-order valence-electron chi connectivity index (χ0n) is 11.2. The van der Waals surface area contributed by atoms with E-state index < -0.39 is 10.0 Å². The van der Waals surface area contributed by atoms with Gasteiger partial charge in [0.05, 0.1) is 23.5 Å². The van der Waals surface area contributed by atoms with Gasteiger partial charge in [-0.2, -0.15) is 5.26 Å². The van der Waals surface area contributed by atoms with Crippen LogP contribution in [-0.2, 0) is 20.5 Å². The lowest BCUT2D eigenvalue weighted by Gasteiger charge is -2.22. The monoisotopic (exact) mass is 294 g/mol. The molecule has 1 aromatic rings. The normalized spacial score (nSPS) is 19.4. The van der Waals surface area contributed by atoms with E-state index in [1.165, 1.54) is 0 Å². The van der Waals surface area contributed by atoms with E-state index in [-0.39, 0.29) is 11.9 Å². The first-order chi connectivity index (χ1) is 9.61. The summed E-state index contributed by atoms with van der Waals surface area (Å²) in [5, 5.41) is 8.96. The largest absolute Gasteiger partial charge is 0.377 e. The van der Waals surface area contributed by atoms with Crippen molar-refractivity contribution in [2.24, 2.45) is 0 Å². The summed E-state index contributed by atoms with van der Waals surface area (Å²) < 4.78 is 32.1. The van der Waals surface area contributed by atoms with E-state index in [0.29, 0.717) is 24.3 Å². The van der Waals surface area contributed by atoms with Crippen LogP contribution < -0.4 is 4.72 Å². The van der Waals surface area contributed by atoms with E-state index >= 15 is 0 Å². The molecule has 0 spiro atoms. The lowest BCUT2D eigenvalue weighted by atomic mass is 10.1. The summed E-state index contributed by atoms with van der Waals surface area (Å²) in [5.74, 6) is -0.177. The summed E-state index contributed by atoms with van der Waals surface area (Å²) in [7, 11) is -3.45. The molecule has 6 heteroatoms. The molecule has 0 bridgehead atoms. The van der Waals surface area contributed by atoms with E-state index in [2.05, 4.69) is 4.72 Å². The number of rotatable bonds is 5. The van der Waals surface area contributed by atoms with Gasteiger partial charge in [0, 0.05) is 13.2 Å². The molecule has 1 atom stereocenters. The van der Waals surface area contributed by atoms with Gasteiger partial charge in [0.2, 0.25) is 10.0 Å². The number of nitriles is 1. The number of hydrogen-bond donors (Lipinski definition) is 1. The molecule has 0 radical (unpaired) electrons. The number of hydrogen-bond acceptors (Lipinski definition) is 4. The summed E-state index contributed by atoms with van der Waals surface area (Å²) in [6.45, 7) is 1.00. The molecular formula is C14H18N2O3S. The molecule has 0 aromatic heterocycles. The van der Waals surface area contributed by atoms with Crippen LogP contribution in [0.15, 0.2) is 24.3 Å². The average molecular weight is 294 g/mol. The molecule has 1 aromatic carbocycles. The number of ether oxygens (including phenoxy) is 1. The van der Waals surface area contributed by atoms with Crippen molar-refractivity contribution >= 4 is 10.0 Å². The Morgan fingerprint density at radius 1 is 1.35 bits per heavy atom. The van der Waals surface area contributed by atoms with Crippen LogP contribution in [-0.4, -0.2) is 27.7 Å². The highest BCUT2D eigenvalue weighted by Crippen LogP contribution is 2.13. The molecular weight excluding hydrogens is 276 g/mol. The van der Waals surface area contributed by atoms with Gasteiger partial charge in [-0.3, -0.25) is 0 Å². The summed E-state index contributed by atoms with van der Waals surface area (Å²) in [6.07, 6.45) is 2.96. The minimum atomic E-state index is -3.45. The maximum absolute atomic E-state index is 12.0. The Morgan fingerprint density at radius 3 is 2.85 bits per heavy atom. The molecule has 0 aliphatic carbocycles. The van der Waals surface area contributed by atoms with Gasteiger partial charge in [-0.05, 0) is 30.9 Å². The lowest BCUT2D eigenvalue weighted by molar-refractivity contribution is 0.0200. The van der Waals surface area contributed by atoms with Crippen LogP contribution in [0.2, 0.25) is 0 Å². The van der Waals surface area contributed by atoms with Crippen molar-refractivity contribution in [2.75, 3.05) is 13.2 Å². The highest BCUT2D eigenvalue weighted by molar-refractivity contribution is 7.88. The fraction of sp³-hybridized carbons (Fsp3) is 0.500. The van der Waals surface area contributed by atoms with Gasteiger partial charge in [0.1, 0.15) is 0 Å². The van der Waals surface area contributed by atoms with Crippen LogP contribution in [0.3, 0.4) is 0 Å². The van der Waals surface area contributed by atoms with Crippen molar-refractivity contribution in [3.8, 4) is 6.07 Å². The van der Waals surface area contributed by atoms with Crippen LogP contribution >= 0.6 is 0 Å². The quantitative estimate of drug-likeness (QED) is 0.893. The van der Waals surface area contributed by atoms with Crippen molar-refractivity contribution in [1.29, 1.82) is 5.26 Å². The molecule has 1 aliphatic rings. The van der Waals surface area contributed by atoms with Gasteiger partial charge in [-0.15, -0.1) is 0 Å². The Labute approximate surface area is 119 Å². The SMILES string of the molecule is N#Cc1ccccc1CS(=O)(=O)NCC1CCCCO1. The van der Waals surface area contributed by atoms with E-state index in [0.717, 1.165) is 19.3 Å². The van der Waals surface area contributed by atoms with Crippen LogP contribution in [0.1, 0.15) is 30.4 Å². The van der Waals surface area contributed by atoms with E-state index in [1.807, 2.05) is 6.07 Å². The van der Waals surface area contributed by atoms with Crippen LogP contribution in [0.4, 0.5) is 0 Å². The maximum atomic E-state index is 12.0. The minimum absolute atomic E-state index is 0.0373. The molecule has 1 aliphatic heterocycles. The molecule has 1 unspecified atom stereocenters.